The minimum atomic E-state index is -0.219. The van der Waals surface area contributed by atoms with Gasteiger partial charge in [-0.1, -0.05) is 45.0 Å². The molecule has 0 unspecified atom stereocenters. The molecular formula is C22H26N2O3. The third-order valence-electron chi connectivity index (χ3n) is 4.65. The van der Waals surface area contributed by atoms with Gasteiger partial charge in [-0.2, -0.15) is 0 Å². The molecule has 0 radical (unpaired) electrons. The monoisotopic (exact) mass is 366 g/mol. The Morgan fingerprint density at radius 1 is 0.963 bits per heavy atom. The molecule has 1 fully saturated rings. The normalized spacial score (nSPS) is 14.7. The van der Waals surface area contributed by atoms with Crippen molar-refractivity contribution < 1.29 is 14.3 Å². The van der Waals surface area contributed by atoms with Gasteiger partial charge < -0.3 is 15.0 Å². The number of nitrogens with one attached hydrogen (secondary N) is 1. The van der Waals surface area contributed by atoms with Crippen LogP contribution in [0.1, 0.15) is 47.1 Å². The van der Waals surface area contributed by atoms with Crippen LogP contribution in [0.2, 0.25) is 0 Å². The fourth-order valence-corrected chi connectivity index (χ4v) is 3.18. The van der Waals surface area contributed by atoms with E-state index in [2.05, 4.69) is 26.1 Å². The van der Waals surface area contributed by atoms with Crippen LogP contribution in [0.3, 0.4) is 0 Å². The molecular weight excluding hydrogens is 340 g/mol. The number of carbonyl (C=O) groups is 2. The second-order valence-corrected chi connectivity index (χ2v) is 7.74. The van der Waals surface area contributed by atoms with Crippen LogP contribution in [0.25, 0.3) is 0 Å². The second-order valence-electron chi connectivity index (χ2n) is 7.74. The van der Waals surface area contributed by atoms with E-state index in [0.29, 0.717) is 37.4 Å². The summed E-state index contributed by atoms with van der Waals surface area (Å²) in [5, 5.41) is 3.00. The number of hydrogen-bond acceptors (Lipinski definition) is 3. The van der Waals surface area contributed by atoms with Gasteiger partial charge in [0.25, 0.3) is 11.8 Å². The molecule has 0 spiro atoms. The highest BCUT2D eigenvalue weighted by molar-refractivity contribution is 6.06. The molecule has 1 N–H and O–H groups in total. The smallest absolute Gasteiger partial charge is 0.255 e. The van der Waals surface area contributed by atoms with Crippen LogP contribution in [0, 0.1) is 0 Å². The average Bonchev–Trinajstić information content (AvgIpc) is 2.68. The summed E-state index contributed by atoms with van der Waals surface area (Å²) in [5.41, 5.74) is 2.77. The van der Waals surface area contributed by atoms with Gasteiger partial charge in [0.2, 0.25) is 0 Å². The van der Waals surface area contributed by atoms with Gasteiger partial charge in [-0.05, 0) is 35.2 Å². The molecule has 2 amide bonds. The molecule has 5 nitrogen and oxygen atoms in total. The summed E-state index contributed by atoms with van der Waals surface area (Å²) in [6, 6.07) is 14.7. The number of amides is 2. The number of nitrogens with zero attached hydrogens (tertiary/aromatic N) is 1. The summed E-state index contributed by atoms with van der Waals surface area (Å²) in [6.45, 7) is 8.59. The van der Waals surface area contributed by atoms with Crippen molar-refractivity contribution in [1.82, 2.24) is 4.90 Å². The minimum absolute atomic E-state index is 0.0666. The summed E-state index contributed by atoms with van der Waals surface area (Å²) >= 11 is 0. The Bertz CT molecular complexity index is 833. The number of benzene rings is 2. The zero-order valence-corrected chi connectivity index (χ0v) is 16.1. The Morgan fingerprint density at radius 2 is 1.63 bits per heavy atom. The van der Waals surface area contributed by atoms with Crippen molar-refractivity contribution in [2.45, 2.75) is 26.2 Å². The molecule has 0 aromatic heterocycles. The first kappa shape index (κ1) is 19.1. The standard InChI is InChI=1S/C22H26N2O3/c1-22(2,3)18-9-4-5-10-19(18)23-20(25)16-7-6-8-17(15-16)21(26)24-11-13-27-14-12-24/h4-10,15H,11-14H2,1-3H3,(H,23,25). The Balaban J connectivity index is 1.79. The van der Waals surface area contributed by atoms with Crippen LogP contribution in [0.4, 0.5) is 5.69 Å². The van der Waals surface area contributed by atoms with Crippen molar-refractivity contribution in [2.75, 3.05) is 31.6 Å². The highest BCUT2D eigenvalue weighted by Gasteiger charge is 2.21. The Labute approximate surface area is 160 Å². The fraction of sp³-hybridized carbons (Fsp3) is 0.364. The molecule has 3 rings (SSSR count). The van der Waals surface area contributed by atoms with Crippen molar-refractivity contribution in [3.63, 3.8) is 0 Å². The van der Waals surface area contributed by atoms with E-state index in [1.54, 1.807) is 29.2 Å². The fourth-order valence-electron chi connectivity index (χ4n) is 3.18. The van der Waals surface area contributed by atoms with Crippen LogP contribution in [0.5, 0.6) is 0 Å². The Morgan fingerprint density at radius 3 is 2.33 bits per heavy atom. The lowest BCUT2D eigenvalue weighted by Gasteiger charge is -2.27. The molecule has 1 heterocycles. The SMILES string of the molecule is CC(C)(C)c1ccccc1NC(=O)c1cccc(C(=O)N2CCOCC2)c1. The molecule has 1 saturated heterocycles. The predicted molar refractivity (Wildman–Crippen MR) is 106 cm³/mol. The number of carbonyl (C=O) groups excluding carboxylic acids is 2. The number of morpholine rings is 1. The highest BCUT2D eigenvalue weighted by atomic mass is 16.5. The molecule has 1 aliphatic rings. The summed E-state index contributed by atoms with van der Waals surface area (Å²) in [4.78, 5) is 27.2. The van der Waals surface area contributed by atoms with Gasteiger partial charge in [0.15, 0.2) is 0 Å². The highest BCUT2D eigenvalue weighted by Crippen LogP contribution is 2.29. The van der Waals surface area contributed by atoms with E-state index >= 15 is 0 Å². The molecule has 27 heavy (non-hydrogen) atoms. The van der Waals surface area contributed by atoms with Gasteiger partial charge in [-0.25, -0.2) is 0 Å². The van der Waals surface area contributed by atoms with Gasteiger partial charge >= 0.3 is 0 Å². The number of rotatable bonds is 3. The molecule has 2 aromatic carbocycles. The predicted octanol–water partition coefficient (Wildman–Crippen LogP) is 3.71. The summed E-state index contributed by atoms with van der Waals surface area (Å²) < 4.78 is 5.29. The topological polar surface area (TPSA) is 58.6 Å². The van der Waals surface area contributed by atoms with E-state index < -0.39 is 0 Å². The number of ether oxygens (including phenoxy) is 1. The van der Waals surface area contributed by atoms with E-state index in [-0.39, 0.29) is 17.2 Å². The van der Waals surface area contributed by atoms with E-state index in [1.165, 1.54) is 0 Å². The van der Waals surface area contributed by atoms with Gasteiger partial charge in [0.05, 0.1) is 13.2 Å². The molecule has 0 saturated carbocycles. The first-order valence-electron chi connectivity index (χ1n) is 9.24. The lowest BCUT2D eigenvalue weighted by molar-refractivity contribution is 0.0303. The maximum atomic E-state index is 12.8. The quantitative estimate of drug-likeness (QED) is 0.901. The molecule has 1 aliphatic heterocycles. The van der Waals surface area contributed by atoms with E-state index in [4.69, 9.17) is 4.74 Å². The van der Waals surface area contributed by atoms with E-state index in [9.17, 15) is 9.59 Å². The zero-order chi connectivity index (χ0) is 19.4. The maximum absolute atomic E-state index is 12.8. The van der Waals surface area contributed by atoms with Crippen molar-refractivity contribution >= 4 is 17.5 Å². The van der Waals surface area contributed by atoms with Crippen LogP contribution in [0.15, 0.2) is 48.5 Å². The van der Waals surface area contributed by atoms with Crippen molar-refractivity contribution in [2.24, 2.45) is 0 Å². The average molecular weight is 366 g/mol. The van der Waals surface area contributed by atoms with Crippen LogP contribution in [-0.4, -0.2) is 43.0 Å². The van der Waals surface area contributed by atoms with Crippen LogP contribution < -0.4 is 5.32 Å². The molecule has 142 valence electrons. The van der Waals surface area contributed by atoms with Gasteiger partial charge in [0.1, 0.15) is 0 Å². The first-order chi connectivity index (χ1) is 12.9. The van der Waals surface area contributed by atoms with Gasteiger partial charge in [0, 0.05) is 29.9 Å². The van der Waals surface area contributed by atoms with Gasteiger partial charge in [-0.15, -0.1) is 0 Å². The minimum Gasteiger partial charge on any atom is -0.378 e. The third kappa shape index (κ3) is 4.55. The lowest BCUT2D eigenvalue weighted by Crippen LogP contribution is -2.40. The molecule has 0 bridgehead atoms. The Kier molecular flexibility index (Phi) is 5.61. The summed E-state index contributed by atoms with van der Waals surface area (Å²) in [6.07, 6.45) is 0. The molecule has 5 heteroatoms. The van der Waals surface area contributed by atoms with Crippen molar-refractivity contribution in [1.29, 1.82) is 0 Å². The van der Waals surface area contributed by atoms with E-state index in [1.807, 2.05) is 24.3 Å². The lowest BCUT2D eigenvalue weighted by atomic mass is 9.86. The first-order valence-corrected chi connectivity index (χ1v) is 9.24. The summed E-state index contributed by atoms with van der Waals surface area (Å²) in [5.74, 6) is -0.286. The molecule has 2 aromatic rings. The second kappa shape index (κ2) is 7.92. The van der Waals surface area contributed by atoms with E-state index in [0.717, 1.165) is 11.3 Å². The number of hydrogen-bond donors (Lipinski definition) is 1. The largest absolute Gasteiger partial charge is 0.378 e. The van der Waals surface area contributed by atoms with Gasteiger partial charge in [-0.3, -0.25) is 9.59 Å². The maximum Gasteiger partial charge on any atom is 0.255 e. The van der Waals surface area contributed by atoms with Crippen LogP contribution in [-0.2, 0) is 10.2 Å². The molecule has 0 aliphatic carbocycles. The van der Waals surface area contributed by atoms with Crippen molar-refractivity contribution in [3.05, 3.63) is 65.2 Å². The summed E-state index contributed by atoms with van der Waals surface area (Å²) in [7, 11) is 0. The zero-order valence-electron chi connectivity index (χ0n) is 16.1. The number of para-hydroxylation sites is 1. The number of anilines is 1. The third-order valence-corrected chi connectivity index (χ3v) is 4.65. The molecule has 0 atom stereocenters. The Hall–Kier alpha value is -2.66. The van der Waals surface area contributed by atoms with Crippen LogP contribution >= 0.6 is 0 Å². The van der Waals surface area contributed by atoms with Crippen molar-refractivity contribution in [3.8, 4) is 0 Å².